The molecule has 3 rings (SSSR count). The number of phenolic OH excluding ortho intramolecular Hbond substituents is 1. The molecule has 0 amide bonds. The summed E-state index contributed by atoms with van der Waals surface area (Å²) in [4.78, 5) is 8.51. The number of aromatic hydroxyl groups is 1. The number of pyridine rings is 1. The highest BCUT2D eigenvalue weighted by Gasteiger charge is 2.09. The molecule has 0 saturated heterocycles. The van der Waals surface area contributed by atoms with Crippen LogP contribution in [0.5, 0.6) is 5.75 Å². The molecule has 6 heteroatoms. The third kappa shape index (κ3) is 3.47. The number of aromatic nitrogens is 2. The van der Waals surface area contributed by atoms with E-state index in [2.05, 4.69) is 32.0 Å². The molecule has 0 aliphatic heterocycles. The zero-order valence-corrected chi connectivity index (χ0v) is 14.2. The van der Waals surface area contributed by atoms with E-state index < -0.39 is 0 Å². The molecule has 0 saturated carbocycles. The minimum absolute atomic E-state index is 0.162. The van der Waals surface area contributed by atoms with Gasteiger partial charge in [-0.2, -0.15) is 5.26 Å². The number of allylic oxidation sites excluding steroid dienone is 1. The van der Waals surface area contributed by atoms with E-state index in [1.54, 1.807) is 36.7 Å². The second kappa shape index (κ2) is 6.73. The van der Waals surface area contributed by atoms with Crippen LogP contribution >= 0.6 is 27.3 Å². The van der Waals surface area contributed by atoms with Gasteiger partial charge in [-0.15, -0.1) is 11.3 Å². The summed E-state index contributed by atoms with van der Waals surface area (Å²) >= 11 is 4.69. The van der Waals surface area contributed by atoms with Crippen molar-refractivity contribution in [3.05, 3.63) is 63.1 Å². The van der Waals surface area contributed by atoms with Crippen molar-refractivity contribution in [1.82, 2.24) is 9.97 Å². The van der Waals surface area contributed by atoms with Crippen LogP contribution in [0.4, 0.5) is 0 Å². The molecule has 2 heterocycles. The van der Waals surface area contributed by atoms with Gasteiger partial charge in [0.1, 0.15) is 16.8 Å². The first kappa shape index (κ1) is 15.4. The lowest BCUT2D eigenvalue weighted by atomic mass is 10.1. The quantitative estimate of drug-likeness (QED) is 0.663. The van der Waals surface area contributed by atoms with Crippen molar-refractivity contribution >= 4 is 38.9 Å². The molecule has 23 heavy (non-hydrogen) atoms. The maximum absolute atomic E-state index is 9.53. The molecule has 3 aromatic rings. The minimum atomic E-state index is 0.162. The molecule has 1 aromatic carbocycles. The number of benzene rings is 1. The Morgan fingerprint density at radius 3 is 2.74 bits per heavy atom. The molecule has 0 bridgehead atoms. The van der Waals surface area contributed by atoms with Crippen molar-refractivity contribution in [2.24, 2.45) is 0 Å². The Morgan fingerprint density at radius 1 is 1.26 bits per heavy atom. The van der Waals surface area contributed by atoms with Crippen LogP contribution in [0.3, 0.4) is 0 Å². The number of hydrogen-bond donors (Lipinski definition) is 1. The van der Waals surface area contributed by atoms with Crippen LogP contribution in [-0.2, 0) is 0 Å². The van der Waals surface area contributed by atoms with Gasteiger partial charge in [-0.25, -0.2) is 4.98 Å². The van der Waals surface area contributed by atoms with Crippen molar-refractivity contribution in [2.75, 3.05) is 0 Å². The monoisotopic (exact) mass is 383 g/mol. The first-order valence-electron chi connectivity index (χ1n) is 6.64. The van der Waals surface area contributed by atoms with Crippen molar-refractivity contribution in [2.45, 2.75) is 0 Å². The molecule has 0 radical (unpaired) electrons. The SMILES string of the molecule is N#C/C(=C/c1ccc(O)c(Br)c1)c1nc(-c2ccncc2)cs1. The maximum Gasteiger partial charge on any atom is 0.134 e. The first-order valence-corrected chi connectivity index (χ1v) is 8.31. The summed E-state index contributed by atoms with van der Waals surface area (Å²) in [5.41, 5.74) is 3.08. The molecular weight excluding hydrogens is 374 g/mol. The van der Waals surface area contributed by atoms with Gasteiger partial charge in [-0.3, -0.25) is 4.98 Å². The van der Waals surface area contributed by atoms with Gasteiger partial charge in [0.25, 0.3) is 0 Å². The number of phenols is 1. The van der Waals surface area contributed by atoms with E-state index in [-0.39, 0.29) is 5.75 Å². The third-order valence-electron chi connectivity index (χ3n) is 3.11. The Bertz CT molecular complexity index is 913. The summed E-state index contributed by atoms with van der Waals surface area (Å²) in [5, 5.41) is 21.5. The Balaban J connectivity index is 1.96. The number of rotatable bonds is 3. The summed E-state index contributed by atoms with van der Waals surface area (Å²) in [6, 6.07) is 11.0. The summed E-state index contributed by atoms with van der Waals surface area (Å²) in [6.07, 6.45) is 5.17. The second-order valence-corrected chi connectivity index (χ2v) is 6.37. The third-order valence-corrected chi connectivity index (χ3v) is 4.62. The fraction of sp³-hybridized carbons (Fsp3) is 0. The Labute approximate surface area is 145 Å². The number of hydrogen-bond acceptors (Lipinski definition) is 5. The first-order chi connectivity index (χ1) is 11.2. The molecule has 0 spiro atoms. The normalized spacial score (nSPS) is 11.2. The fourth-order valence-electron chi connectivity index (χ4n) is 1.97. The molecular formula is C17H10BrN3OS. The predicted molar refractivity (Wildman–Crippen MR) is 94.6 cm³/mol. The second-order valence-electron chi connectivity index (χ2n) is 4.65. The lowest BCUT2D eigenvalue weighted by Gasteiger charge is -1.99. The van der Waals surface area contributed by atoms with E-state index in [9.17, 15) is 10.4 Å². The largest absolute Gasteiger partial charge is 0.507 e. The van der Waals surface area contributed by atoms with E-state index in [0.29, 0.717) is 15.1 Å². The Kier molecular flexibility index (Phi) is 4.51. The van der Waals surface area contributed by atoms with Crippen molar-refractivity contribution in [3.63, 3.8) is 0 Å². The molecule has 4 nitrogen and oxygen atoms in total. The van der Waals surface area contributed by atoms with E-state index >= 15 is 0 Å². The van der Waals surface area contributed by atoms with Gasteiger partial charge in [0.2, 0.25) is 0 Å². The minimum Gasteiger partial charge on any atom is -0.507 e. The zero-order valence-electron chi connectivity index (χ0n) is 11.8. The molecule has 2 aromatic heterocycles. The van der Waals surface area contributed by atoms with E-state index in [1.807, 2.05) is 17.5 Å². The van der Waals surface area contributed by atoms with Crippen LogP contribution in [0.2, 0.25) is 0 Å². The average Bonchev–Trinajstić information content (AvgIpc) is 3.06. The van der Waals surface area contributed by atoms with Crippen LogP contribution in [0, 0.1) is 11.3 Å². The number of thiazole rings is 1. The molecule has 0 atom stereocenters. The van der Waals surface area contributed by atoms with Crippen LogP contribution in [-0.4, -0.2) is 15.1 Å². The smallest absolute Gasteiger partial charge is 0.134 e. The van der Waals surface area contributed by atoms with E-state index in [0.717, 1.165) is 16.8 Å². The van der Waals surface area contributed by atoms with Gasteiger partial charge < -0.3 is 5.11 Å². The summed E-state index contributed by atoms with van der Waals surface area (Å²) in [6.45, 7) is 0. The highest BCUT2D eigenvalue weighted by molar-refractivity contribution is 9.10. The van der Waals surface area contributed by atoms with E-state index in [4.69, 9.17) is 0 Å². The maximum atomic E-state index is 9.53. The average molecular weight is 384 g/mol. The van der Waals surface area contributed by atoms with Crippen LogP contribution in [0.1, 0.15) is 10.6 Å². The molecule has 0 aliphatic carbocycles. The number of nitrogens with zero attached hydrogens (tertiary/aromatic N) is 3. The standard InChI is InChI=1S/C17H10BrN3OS/c18-14-8-11(1-2-16(14)22)7-13(9-19)17-21-15(10-23-17)12-3-5-20-6-4-12/h1-8,10,22H/b13-7-. The van der Waals surface area contributed by atoms with Crippen molar-refractivity contribution in [3.8, 4) is 23.1 Å². The van der Waals surface area contributed by atoms with Gasteiger partial charge in [-0.1, -0.05) is 6.07 Å². The number of halogens is 1. The molecule has 112 valence electrons. The molecule has 0 fully saturated rings. The lowest BCUT2D eigenvalue weighted by Crippen LogP contribution is -1.83. The van der Waals surface area contributed by atoms with E-state index in [1.165, 1.54) is 11.3 Å². The Morgan fingerprint density at radius 2 is 2.04 bits per heavy atom. The van der Waals surface area contributed by atoms with Crippen LogP contribution in [0.25, 0.3) is 22.9 Å². The zero-order chi connectivity index (χ0) is 16.2. The summed E-state index contributed by atoms with van der Waals surface area (Å²) < 4.78 is 0.583. The van der Waals surface area contributed by atoms with Gasteiger partial charge >= 0.3 is 0 Å². The molecule has 0 unspecified atom stereocenters. The molecule has 0 aliphatic rings. The van der Waals surface area contributed by atoms with Gasteiger partial charge in [0, 0.05) is 23.3 Å². The van der Waals surface area contributed by atoms with Crippen LogP contribution in [0.15, 0.2) is 52.6 Å². The Hall–Kier alpha value is -2.49. The topological polar surface area (TPSA) is 69.8 Å². The number of nitriles is 1. The summed E-state index contributed by atoms with van der Waals surface area (Å²) in [5.74, 6) is 0.162. The lowest BCUT2D eigenvalue weighted by molar-refractivity contribution is 0.472. The summed E-state index contributed by atoms with van der Waals surface area (Å²) in [7, 11) is 0. The predicted octanol–water partition coefficient (Wildman–Crippen LogP) is 4.74. The highest BCUT2D eigenvalue weighted by Crippen LogP contribution is 2.29. The van der Waals surface area contributed by atoms with Crippen molar-refractivity contribution in [1.29, 1.82) is 5.26 Å². The van der Waals surface area contributed by atoms with Gasteiger partial charge in [0.15, 0.2) is 0 Å². The molecule has 1 N–H and O–H groups in total. The van der Waals surface area contributed by atoms with Crippen LogP contribution < -0.4 is 0 Å². The highest BCUT2D eigenvalue weighted by atomic mass is 79.9. The van der Waals surface area contributed by atoms with Gasteiger partial charge in [-0.05, 0) is 51.8 Å². The fourth-order valence-corrected chi connectivity index (χ4v) is 3.17. The van der Waals surface area contributed by atoms with Crippen molar-refractivity contribution < 1.29 is 5.11 Å². The van der Waals surface area contributed by atoms with Gasteiger partial charge in [0.05, 0.1) is 15.7 Å².